The molecule has 0 radical (unpaired) electrons. The molecule has 27 heavy (non-hydrogen) atoms. The molecule has 0 unspecified atom stereocenters. The normalized spacial score (nSPS) is 19.6. The summed E-state index contributed by atoms with van der Waals surface area (Å²) >= 11 is 0. The fourth-order valence-corrected chi connectivity index (χ4v) is 4.31. The van der Waals surface area contributed by atoms with E-state index in [1.807, 2.05) is 30.3 Å². The van der Waals surface area contributed by atoms with Crippen molar-refractivity contribution in [1.29, 1.82) is 0 Å². The van der Waals surface area contributed by atoms with Gasteiger partial charge >= 0.3 is 0 Å². The molecule has 4 nitrogen and oxygen atoms in total. The Morgan fingerprint density at radius 2 is 1.81 bits per heavy atom. The van der Waals surface area contributed by atoms with Crippen LogP contribution in [-0.2, 0) is 12.1 Å². The molecule has 0 atom stereocenters. The van der Waals surface area contributed by atoms with E-state index in [1.165, 1.54) is 12.8 Å². The van der Waals surface area contributed by atoms with Crippen molar-refractivity contribution in [1.82, 2.24) is 14.6 Å². The summed E-state index contributed by atoms with van der Waals surface area (Å²) in [5, 5.41) is 8.86. The highest BCUT2D eigenvalue weighted by Gasteiger charge is 2.36. The van der Waals surface area contributed by atoms with Crippen LogP contribution < -0.4 is 4.90 Å². The molecule has 0 N–H and O–H groups in total. The molecule has 1 saturated heterocycles. The molecule has 1 saturated carbocycles. The van der Waals surface area contributed by atoms with Gasteiger partial charge in [0.25, 0.3) is 0 Å². The summed E-state index contributed by atoms with van der Waals surface area (Å²) < 4.78 is 17.6. The molecule has 1 aromatic carbocycles. The number of hydrogen-bond donors (Lipinski definition) is 0. The molecule has 3 heterocycles. The molecule has 2 aromatic heterocycles. The highest BCUT2D eigenvalue weighted by atomic mass is 19.1. The smallest absolute Gasteiger partial charge is 0.165 e. The maximum Gasteiger partial charge on any atom is 0.165 e. The molecule has 1 aliphatic heterocycles. The van der Waals surface area contributed by atoms with Crippen LogP contribution in [0.4, 0.5) is 10.1 Å². The highest BCUT2D eigenvalue weighted by Crippen LogP contribution is 2.39. The molecule has 2 aliphatic rings. The van der Waals surface area contributed by atoms with Gasteiger partial charge in [-0.1, -0.05) is 30.3 Å². The number of aromatic nitrogens is 3. The van der Waals surface area contributed by atoms with E-state index in [2.05, 4.69) is 38.7 Å². The summed E-state index contributed by atoms with van der Waals surface area (Å²) in [6.07, 6.45) is 6.76. The van der Waals surface area contributed by atoms with Crippen molar-refractivity contribution in [2.75, 3.05) is 18.0 Å². The fraction of sp³-hybridized carbons (Fsp3) is 0.455. The molecule has 0 bridgehead atoms. The number of anilines is 1. The van der Waals surface area contributed by atoms with Gasteiger partial charge in [0.05, 0.1) is 0 Å². The fourth-order valence-electron chi connectivity index (χ4n) is 4.31. The third kappa shape index (κ3) is 2.99. The number of pyridine rings is 1. The maximum absolute atomic E-state index is 15.4. The molecule has 0 spiro atoms. The Bertz CT molecular complexity index is 953. The second-order valence-electron chi connectivity index (χ2n) is 8.10. The number of rotatable bonds is 4. The Hall–Kier alpha value is -2.43. The minimum Gasteiger partial charge on any atom is -0.371 e. The van der Waals surface area contributed by atoms with E-state index in [4.69, 9.17) is 0 Å². The van der Waals surface area contributed by atoms with Crippen LogP contribution in [0.5, 0.6) is 0 Å². The number of hydrogen-bond acceptors (Lipinski definition) is 3. The highest BCUT2D eigenvalue weighted by molar-refractivity contribution is 5.65. The maximum atomic E-state index is 15.4. The molecule has 5 heteroatoms. The first-order valence-corrected chi connectivity index (χ1v) is 9.97. The number of fused-ring (bicyclic) bond motifs is 1. The summed E-state index contributed by atoms with van der Waals surface area (Å²) in [7, 11) is 0. The second kappa shape index (κ2) is 6.32. The summed E-state index contributed by atoms with van der Waals surface area (Å²) in [5.74, 6) is 1.85. The summed E-state index contributed by atoms with van der Waals surface area (Å²) in [6, 6.07) is 11.7. The van der Waals surface area contributed by atoms with Gasteiger partial charge in [0.2, 0.25) is 0 Å². The number of aryl methyl sites for hydroxylation is 1. The number of nitrogens with zero attached hydrogens (tertiary/aromatic N) is 4. The van der Waals surface area contributed by atoms with Gasteiger partial charge in [-0.2, -0.15) is 0 Å². The summed E-state index contributed by atoms with van der Waals surface area (Å²) in [4.78, 5) is 2.30. The Kier molecular flexibility index (Phi) is 3.92. The molecule has 0 amide bonds. The quantitative estimate of drug-likeness (QED) is 0.685. The van der Waals surface area contributed by atoms with Crippen LogP contribution in [0.3, 0.4) is 0 Å². The number of piperidine rings is 1. The van der Waals surface area contributed by atoms with Crippen LogP contribution in [0.1, 0.15) is 42.6 Å². The lowest BCUT2D eigenvalue weighted by molar-refractivity contribution is 0.125. The van der Waals surface area contributed by atoms with Gasteiger partial charge in [0.1, 0.15) is 11.5 Å². The average molecular weight is 364 g/mol. The van der Waals surface area contributed by atoms with Crippen molar-refractivity contribution < 1.29 is 4.39 Å². The first-order valence-electron chi connectivity index (χ1n) is 9.97. The molecule has 2 fully saturated rings. The van der Waals surface area contributed by atoms with Crippen molar-refractivity contribution in [2.45, 2.75) is 44.7 Å². The van der Waals surface area contributed by atoms with E-state index < -0.39 is 5.67 Å². The minimum absolute atomic E-state index is 0.515. The lowest BCUT2D eigenvalue weighted by Gasteiger charge is -2.38. The number of benzene rings is 1. The summed E-state index contributed by atoms with van der Waals surface area (Å²) in [5.41, 5.74) is 2.81. The van der Waals surface area contributed by atoms with Gasteiger partial charge in [-0.05, 0) is 37.3 Å². The standard InChI is InChI=1S/C22H25FN4/c1-16-19(9-12-27-20(15-17-7-8-17)24-25-21(16)27)26-13-10-22(23,11-14-26)18-5-3-2-4-6-18/h2-6,9,12,17H,7-8,10-11,13-15H2,1H3. The lowest BCUT2D eigenvalue weighted by atomic mass is 9.86. The van der Waals surface area contributed by atoms with Gasteiger partial charge in [-0.3, -0.25) is 4.40 Å². The lowest BCUT2D eigenvalue weighted by Crippen LogP contribution is -2.40. The van der Waals surface area contributed by atoms with Crippen molar-refractivity contribution >= 4 is 11.3 Å². The van der Waals surface area contributed by atoms with Crippen molar-refractivity contribution in [2.24, 2.45) is 5.92 Å². The average Bonchev–Trinajstić information content (AvgIpc) is 3.42. The van der Waals surface area contributed by atoms with Crippen LogP contribution in [0, 0.1) is 12.8 Å². The van der Waals surface area contributed by atoms with Crippen LogP contribution in [0.2, 0.25) is 0 Å². The number of halogens is 1. The third-order valence-corrected chi connectivity index (χ3v) is 6.22. The van der Waals surface area contributed by atoms with Crippen molar-refractivity contribution in [3.05, 3.63) is 59.5 Å². The van der Waals surface area contributed by atoms with Crippen LogP contribution in [0.25, 0.3) is 5.65 Å². The predicted molar refractivity (Wildman–Crippen MR) is 105 cm³/mol. The zero-order chi connectivity index (χ0) is 18.4. The Balaban J connectivity index is 1.38. The largest absolute Gasteiger partial charge is 0.371 e. The van der Waals surface area contributed by atoms with E-state index >= 15 is 4.39 Å². The van der Waals surface area contributed by atoms with Gasteiger partial charge in [-0.15, -0.1) is 10.2 Å². The number of alkyl halides is 1. The second-order valence-corrected chi connectivity index (χ2v) is 8.10. The predicted octanol–water partition coefficient (Wildman–Crippen LogP) is 4.46. The van der Waals surface area contributed by atoms with Crippen molar-refractivity contribution in [3.63, 3.8) is 0 Å². The van der Waals surface area contributed by atoms with E-state index in [1.54, 1.807) is 0 Å². The van der Waals surface area contributed by atoms with Gasteiger partial charge in [-0.25, -0.2) is 4.39 Å². The van der Waals surface area contributed by atoms with Gasteiger partial charge in [0.15, 0.2) is 5.65 Å². The molecular weight excluding hydrogens is 339 g/mol. The van der Waals surface area contributed by atoms with Gasteiger partial charge < -0.3 is 4.90 Å². The monoisotopic (exact) mass is 364 g/mol. The zero-order valence-corrected chi connectivity index (χ0v) is 15.7. The third-order valence-electron chi connectivity index (χ3n) is 6.22. The van der Waals surface area contributed by atoms with E-state index in [9.17, 15) is 0 Å². The van der Waals surface area contributed by atoms with Crippen LogP contribution >= 0.6 is 0 Å². The first kappa shape index (κ1) is 16.7. The molecular formula is C22H25FN4. The molecule has 3 aromatic rings. The van der Waals surface area contributed by atoms with Crippen LogP contribution in [0.15, 0.2) is 42.6 Å². The first-order chi connectivity index (χ1) is 13.1. The topological polar surface area (TPSA) is 33.4 Å². The molecule has 5 rings (SSSR count). The zero-order valence-electron chi connectivity index (χ0n) is 15.7. The Morgan fingerprint density at radius 3 is 2.52 bits per heavy atom. The van der Waals surface area contributed by atoms with Crippen LogP contribution in [-0.4, -0.2) is 27.7 Å². The van der Waals surface area contributed by atoms with Gasteiger partial charge in [0, 0.05) is 49.8 Å². The van der Waals surface area contributed by atoms with Crippen molar-refractivity contribution in [3.8, 4) is 0 Å². The SMILES string of the molecule is Cc1c(N2CCC(F)(c3ccccc3)CC2)ccn2c(CC3CC3)nnc12. The Labute approximate surface area is 159 Å². The van der Waals surface area contributed by atoms with E-state index in [-0.39, 0.29) is 0 Å². The Morgan fingerprint density at radius 1 is 1.07 bits per heavy atom. The van der Waals surface area contributed by atoms with E-state index in [0.29, 0.717) is 25.9 Å². The minimum atomic E-state index is -1.22. The van der Waals surface area contributed by atoms with E-state index in [0.717, 1.165) is 40.6 Å². The molecule has 140 valence electrons. The summed E-state index contributed by atoms with van der Waals surface area (Å²) in [6.45, 7) is 3.53. The molecule has 1 aliphatic carbocycles.